The van der Waals surface area contributed by atoms with Gasteiger partial charge in [0.15, 0.2) is 0 Å². The van der Waals surface area contributed by atoms with E-state index >= 15 is 0 Å². The minimum atomic E-state index is -3.99. The van der Waals surface area contributed by atoms with E-state index in [0.29, 0.717) is 5.92 Å². The van der Waals surface area contributed by atoms with E-state index in [4.69, 9.17) is 10.7 Å². The van der Waals surface area contributed by atoms with Crippen LogP contribution >= 0.6 is 10.7 Å². The second-order valence-electron chi connectivity index (χ2n) is 4.56. The van der Waals surface area contributed by atoms with Crippen molar-refractivity contribution in [2.45, 2.75) is 30.7 Å². The molecule has 1 aliphatic carbocycles. The van der Waals surface area contributed by atoms with Crippen molar-refractivity contribution >= 4 is 25.6 Å². The lowest BCUT2D eigenvalue weighted by atomic mass is 10.2. The van der Waals surface area contributed by atoms with E-state index in [9.17, 15) is 17.6 Å². The molecule has 0 aromatic heterocycles. The molecule has 1 aromatic rings. The van der Waals surface area contributed by atoms with Crippen LogP contribution < -0.4 is 5.32 Å². The summed E-state index contributed by atoms with van der Waals surface area (Å²) in [4.78, 5) is 11.4. The quantitative estimate of drug-likeness (QED) is 0.868. The second-order valence-corrected chi connectivity index (χ2v) is 7.13. The maximum absolute atomic E-state index is 13.7. The summed E-state index contributed by atoms with van der Waals surface area (Å²) in [6, 6.07) is 3.09. The highest BCUT2D eigenvalue weighted by atomic mass is 35.7. The zero-order chi connectivity index (χ0) is 14.2. The van der Waals surface area contributed by atoms with Gasteiger partial charge in [-0.2, -0.15) is 0 Å². The Balaban J connectivity index is 2.15. The minimum absolute atomic E-state index is 0.0911. The molecule has 0 aliphatic heterocycles. The molecule has 2 rings (SSSR count). The van der Waals surface area contributed by atoms with Crippen LogP contribution in [0.15, 0.2) is 23.1 Å². The topological polar surface area (TPSA) is 63.2 Å². The number of amides is 1. The van der Waals surface area contributed by atoms with Gasteiger partial charge in [-0.25, -0.2) is 12.8 Å². The molecule has 4 nitrogen and oxygen atoms in total. The van der Waals surface area contributed by atoms with Gasteiger partial charge in [0.1, 0.15) is 5.82 Å². The third-order valence-electron chi connectivity index (χ3n) is 3.23. The standard InChI is InChI=1S/C12H13ClFNO3S/c1-2-7-5-11(7)15-12(16)9-4-3-8(6-10(9)14)19(13,17)18/h3-4,6-7,11H,2,5H2,1H3,(H,15,16). The Morgan fingerprint density at radius 2 is 2.21 bits per heavy atom. The first-order valence-electron chi connectivity index (χ1n) is 5.88. The van der Waals surface area contributed by atoms with Crippen LogP contribution in [0.25, 0.3) is 0 Å². The lowest BCUT2D eigenvalue weighted by molar-refractivity contribution is 0.0945. The lowest BCUT2D eigenvalue weighted by Gasteiger charge is -2.06. The molecule has 0 heterocycles. The van der Waals surface area contributed by atoms with Crippen LogP contribution in [0.1, 0.15) is 30.1 Å². The molecule has 1 aliphatic rings. The van der Waals surface area contributed by atoms with Crippen LogP contribution in [0.3, 0.4) is 0 Å². The summed E-state index contributed by atoms with van der Waals surface area (Å²) in [6.07, 6.45) is 1.87. The van der Waals surface area contributed by atoms with Crippen molar-refractivity contribution in [2.75, 3.05) is 0 Å². The number of carbonyl (C=O) groups is 1. The zero-order valence-corrected chi connectivity index (χ0v) is 11.8. The highest BCUT2D eigenvalue weighted by molar-refractivity contribution is 8.13. The zero-order valence-electron chi connectivity index (χ0n) is 10.2. The monoisotopic (exact) mass is 305 g/mol. The fraction of sp³-hybridized carbons (Fsp3) is 0.417. The maximum Gasteiger partial charge on any atom is 0.261 e. The van der Waals surface area contributed by atoms with Crippen molar-refractivity contribution < 1.29 is 17.6 Å². The van der Waals surface area contributed by atoms with Gasteiger partial charge in [-0.15, -0.1) is 0 Å². The third kappa shape index (κ3) is 3.25. The van der Waals surface area contributed by atoms with Crippen LogP contribution in [0.2, 0.25) is 0 Å². The molecular formula is C12H13ClFNO3S. The van der Waals surface area contributed by atoms with Crippen LogP contribution in [0.5, 0.6) is 0 Å². The third-order valence-corrected chi connectivity index (χ3v) is 4.58. The van der Waals surface area contributed by atoms with E-state index in [2.05, 4.69) is 5.32 Å². The van der Waals surface area contributed by atoms with Crippen LogP contribution in [0, 0.1) is 11.7 Å². The van der Waals surface area contributed by atoms with Crippen molar-refractivity contribution in [1.29, 1.82) is 0 Å². The van der Waals surface area contributed by atoms with Crippen LogP contribution in [-0.2, 0) is 9.05 Å². The van der Waals surface area contributed by atoms with Gasteiger partial charge in [0.05, 0.1) is 10.5 Å². The molecule has 2 unspecified atom stereocenters. The predicted molar refractivity (Wildman–Crippen MR) is 69.1 cm³/mol. The van der Waals surface area contributed by atoms with E-state index in [1.165, 1.54) is 0 Å². The number of hydrogen-bond acceptors (Lipinski definition) is 3. The van der Waals surface area contributed by atoms with Crippen LogP contribution in [0.4, 0.5) is 4.39 Å². The molecule has 0 bridgehead atoms. The Bertz CT molecular complexity index is 617. The Hall–Kier alpha value is -1.14. The molecule has 0 spiro atoms. The first-order chi connectivity index (χ1) is 8.82. The number of hydrogen-bond donors (Lipinski definition) is 1. The van der Waals surface area contributed by atoms with E-state index in [0.717, 1.165) is 31.0 Å². The molecule has 1 aromatic carbocycles. The van der Waals surface area contributed by atoms with E-state index in [1.807, 2.05) is 6.92 Å². The fourth-order valence-electron chi connectivity index (χ4n) is 1.95. The Morgan fingerprint density at radius 3 is 2.68 bits per heavy atom. The molecular weight excluding hydrogens is 293 g/mol. The highest BCUT2D eigenvalue weighted by Gasteiger charge is 2.36. The fourth-order valence-corrected chi connectivity index (χ4v) is 2.72. The highest BCUT2D eigenvalue weighted by Crippen LogP contribution is 2.33. The summed E-state index contributed by atoms with van der Waals surface area (Å²) in [5.41, 5.74) is -0.175. The lowest BCUT2D eigenvalue weighted by Crippen LogP contribution is -2.27. The average Bonchev–Trinajstić information content (AvgIpc) is 3.05. The molecule has 1 amide bonds. The molecule has 1 fully saturated rings. The second kappa shape index (κ2) is 5.09. The number of halogens is 2. The maximum atomic E-state index is 13.7. The Labute approximate surface area is 115 Å². The molecule has 0 saturated heterocycles. The Kier molecular flexibility index (Phi) is 3.82. The molecule has 19 heavy (non-hydrogen) atoms. The van der Waals surface area contributed by atoms with Gasteiger partial charge >= 0.3 is 0 Å². The van der Waals surface area contributed by atoms with E-state index in [1.54, 1.807) is 0 Å². The molecule has 0 radical (unpaired) electrons. The SMILES string of the molecule is CCC1CC1NC(=O)c1ccc(S(=O)(=O)Cl)cc1F. The average molecular weight is 306 g/mol. The Morgan fingerprint density at radius 1 is 1.53 bits per heavy atom. The van der Waals surface area contributed by atoms with Gasteiger partial charge in [0.2, 0.25) is 0 Å². The predicted octanol–water partition coefficient (Wildman–Crippen LogP) is 2.28. The van der Waals surface area contributed by atoms with Crippen molar-refractivity contribution in [1.82, 2.24) is 5.32 Å². The van der Waals surface area contributed by atoms with Crippen molar-refractivity contribution in [3.8, 4) is 0 Å². The minimum Gasteiger partial charge on any atom is -0.349 e. The summed E-state index contributed by atoms with van der Waals surface area (Å²) in [6.45, 7) is 2.03. The summed E-state index contributed by atoms with van der Waals surface area (Å²) >= 11 is 0. The van der Waals surface area contributed by atoms with Gasteiger partial charge < -0.3 is 5.32 Å². The van der Waals surface area contributed by atoms with E-state index < -0.39 is 20.8 Å². The largest absolute Gasteiger partial charge is 0.349 e. The van der Waals surface area contributed by atoms with E-state index in [-0.39, 0.29) is 16.5 Å². The number of nitrogens with one attached hydrogen (secondary N) is 1. The van der Waals surface area contributed by atoms with Gasteiger partial charge in [0.25, 0.3) is 15.0 Å². The smallest absolute Gasteiger partial charge is 0.261 e. The number of benzene rings is 1. The molecule has 104 valence electrons. The van der Waals surface area contributed by atoms with Gasteiger partial charge in [-0.3, -0.25) is 4.79 Å². The number of rotatable bonds is 4. The summed E-state index contributed by atoms with van der Waals surface area (Å²) in [5, 5.41) is 2.71. The first kappa shape index (κ1) is 14.3. The summed E-state index contributed by atoms with van der Waals surface area (Å²) < 4.78 is 35.8. The molecule has 1 N–H and O–H groups in total. The molecule has 2 atom stereocenters. The first-order valence-corrected chi connectivity index (χ1v) is 8.19. The number of carbonyl (C=O) groups excluding carboxylic acids is 1. The van der Waals surface area contributed by atoms with Gasteiger partial charge in [-0.1, -0.05) is 13.3 Å². The van der Waals surface area contributed by atoms with Crippen molar-refractivity contribution in [3.63, 3.8) is 0 Å². The normalized spacial score (nSPS) is 22.1. The van der Waals surface area contributed by atoms with Crippen molar-refractivity contribution in [2.24, 2.45) is 5.92 Å². The molecule has 7 heteroatoms. The summed E-state index contributed by atoms with van der Waals surface area (Å²) in [5.74, 6) is -0.973. The van der Waals surface area contributed by atoms with Gasteiger partial charge in [-0.05, 0) is 30.5 Å². The van der Waals surface area contributed by atoms with Crippen LogP contribution in [-0.4, -0.2) is 20.4 Å². The van der Waals surface area contributed by atoms with Crippen molar-refractivity contribution in [3.05, 3.63) is 29.6 Å². The van der Waals surface area contributed by atoms with Gasteiger partial charge in [0, 0.05) is 16.7 Å². The molecule has 1 saturated carbocycles. The summed E-state index contributed by atoms with van der Waals surface area (Å²) in [7, 11) is 1.11.